The van der Waals surface area contributed by atoms with Gasteiger partial charge in [-0.3, -0.25) is 9.59 Å². The van der Waals surface area contributed by atoms with E-state index in [1.54, 1.807) is 30.9 Å². The Balaban J connectivity index is 1.53. The Labute approximate surface area is 196 Å². The second-order valence-corrected chi connectivity index (χ2v) is 8.19. The van der Waals surface area contributed by atoms with Gasteiger partial charge in [0.25, 0.3) is 0 Å². The van der Waals surface area contributed by atoms with E-state index >= 15 is 0 Å². The number of hydrogen-bond acceptors (Lipinski definition) is 7. The van der Waals surface area contributed by atoms with Crippen molar-refractivity contribution in [2.24, 2.45) is 7.05 Å². The van der Waals surface area contributed by atoms with E-state index in [9.17, 15) is 9.59 Å². The highest BCUT2D eigenvalue weighted by atomic mass is 32.2. The number of carbonyl (C=O) groups is 2. The van der Waals surface area contributed by atoms with Crippen LogP contribution in [0, 0.1) is 0 Å². The zero-order chi connectivity index (χ0) is 23.8. The van der Waals surface area contributed by atoms with E-state index in [0.717, 1.165) is 11.3 Å². The van der Waals surface area contributed by atoms with Crippen LogP contribution in [-0.2, 0) is 23.1 Å². The minimum absolute atomic E-state index is 0.124. The monoisotopic (exact) mass is 469 g/mol. The molecule has 0 aliphatic rings. The summed E-state index contributed by atoms with van der Waals surface area (Å²) in [6, 6.07) is 14.2. The number of amides is 2. The minimum atomic E-state index is -0.343. The molecule has 0 aliphatic carbocycles. The number of anilines is 1. The molecule has 2 amide bonds. The predicted octanol–water partition coefficient (Wildman–Crippen LogP) is 2.98. The molecule has 33 heavy (non-hydrogen) atoms. The Morgan fingerprint density at radius 1 is 1.03 bits per heavy atom. The summed E-state index contributed by atoms with van der Waals surface area (Å²) in [5, 5.41) is 14.7. The van der Waals surface area contributed by atoms with Gasteiger partial charge in [0.05, 0.1) is 38.1 Å². The van der Waals surface area contributed by atoms with Gasteiger partial charge in [0.1, 0.15) is 11.5 Å². The first-order valence-corrected chi connectivity index (χ1v) is 11.3. The Bertz CT molecular complexity index is 1100. The predicted molar refractivity (Wildman–Crippen MR) is 127 cm³/mol. The molecular formula is C23H27N5O4S. The third-order valence-corrected chi connectivity index (χ3v) is 5.89. The fourth-order valence-electron chi connectivity index (χ4n) is 3.18. The zero-order valence-electron chi connectivity index (χ0n) is 19.0. The third-order valence-electron chi connectivity index (χ3n) is 4.87. The first kappa shape index (κ1) is 24.1. The number of hydrogen-bond donors (Lipinski definition) is 2. The zero-order valence-corrected chi connectivity index (χ0v) is 19.8. The van der Waals surface area contributed by atoms with Gasteiger partial charge in [-0.15, -0.1) is 10.2 Å². The van der Waals surface area contributed by atoms with Crippen molar-refractivity contribution in [3.8, 4) is 11.5 Å². The highest BCUT2D eigenvalue weighted by molar-refractivity contribution is 7.99. The van der Waals surface area contributed by atoms with Crippen molar-refractivity contribution < 1.29 is 19.1 Å². The van der Waals surface area contributed by atoms with E-state index in [1.807, 2.05) is 50.4 Å². The van der Waals surface area contributed by atoms with Gasteiger partial charge < -0.3 is 24.7 Å². The maximum atomic E-state index is 12.4. The summed E-state index contributed by atoms with van der Waals surface area (Å²) in [5.41, 5.74) is 1.49. The molecule has 1 heterocycles. The van der Waals surface area contributed by atoms with Gasteiger partial charge in [0, 0.05) is 7.05 Å². The molecule has 3 rings (SSSR count). The Morgan fingerprint density at radius 3 is 2.45 bits per heavy atom. The summed E-state index contributed by atoms with van der Waals surface area (Å²) >= 11 is 1.26. The maximum Gasteiger partial charge on any atom is 0.234 e. The van der Waals surface area contributed by atoms with Crippen LogP contribution in [0.5, 0.6) is 11.5 Å². The second-order valence-electron chi connectivity index (χ2n) is 7.25. The summed E-state index contributed by atoms with van der Waals surface area (Å²) in [4.78, 5) is 24.8. The van der Waals surface area contributed by atoms with Crippen molar-refractivity contribution in [1.82, 2.24) is 20.1 Å². The van der Waals surface area contributed by atoms with Gasteiger partial charge in [-0.1, -0.05) is 36.0 Å². The Hall–Kier alpha value is -3.53. The summed E-state index contributed by atoms with van der Waals surface area (Å²) in [6.07, 6.45) is 0.247. The molecule has 0 unspecified atom stereocenters. The molecule has 0 fully saturated rings. The first-order chi connectivity index (χ1) is 15.9. The normalized spacial score (nSPS) is 11.5. The van der Waals surface area contributed by atoms with Crippen molar-refractivity contribution in [3.63, 3.8) is 0 Å². The van der Waals surface area contributed by atoms with Crippen LogP contribution in [0.15, 0.2) is 53.7 Å². The molecule has 2 aromatic carbocycles. The summed E-state index contributed by atoms with van der Waals surface area (Å²) in [7, 11) is 4.96. The van der Waals surface area contributed by atoms with Gasteiger partial charge in [0.15, 0.2) is 11.0 Å². The molecule has 10 heteroatoms. The van der Waals surface area contributed by atoms with E-state index < -0.39 is 0 Å². The van der Waals surface area contributed by atoms with Crippen molar-refractivity contribution in [1.29, 1.82) is 0 Å². The van der Waals surface area contributed by atoms with Gasteiger partial charge in [-0.2, -0.15) is 0 Å². The number of methoxy groups -OCH3 is 2. The number of para-hydroxylation sites is 2. The molecule has 1 atom stereocenters. The molecule has 0 radical (unpaired) electrons. The lowest BCUT2D eigenvalue weighted by Gasteiger charge is -2.14. The lowest BCUT2D eigenvalue weighted by atomic mass is 10.1. The smallest absolute Gasteiger partial charge is 0.234 e. The number of carbonyl (C=O) groups excluding carboxylic acids is 2. The quantitative estimate of drug-likeness (QED) is 0.440. The number of rotatable bonds is 10. The lowest BCUT2D eigenvalue weighted by molar-refractivity contribution is -0.121. The highest BCUT2D eigenvalue weighted by Crippen LogP contribution is 2.24. The van der Waals surface area contributed by atoms with Crippen LogP contribution < -0.4 is 20.1 Å². The number of benzene rings is 2. The molecule has 0 aliphatic heterocycles. The Morgan fingerprint density at radius 2 is 1.76 bits per heavy atom. The standard InChI is InChI=1S/C23H27N5O4S/c1-15(24-20(29)13-16-9-11-17(31-3)12-10-16)22-26-27-23(28(22)2)33-14-21(30)25-18-7-5-6-8-19(18)32-4/h5-12,15H,13-14H2,1-4H3,(H,24,29)(H,25,30)/t15-/m1/s1. The fraction of sp³-hybridized carbons (Fsp3) is 0.304. The molecule has 0 saturated carbocycles. The van der Waals surface area contributed by atoms with Crippen LogP contribution >= 0.6 is 11.8 Å². The third kappa shape index (κ3) is 6.48. The molecule has 3 aromatic rings. The summed E-state index contributed by atoms with van der Waals surface area (Å²) < 4.78 is 12.2. The summed E-state index contributed by atoms with van der Waals surface area (Å²) in [5.74, 6) is 1.79. The average Bonchev–Trinajstić information content (AvgIpc) is 3.18. The summed E-state index contributed by atoms with van der Waals surface area (Å²) in [6.45, 7) is 1.85. The largest absolute Gasteiger partial charge is 0.497 e. The number of nitrogens with zero attached hydrogens (tertiary/aromatic N) is 3. The molecule has 9 nitrogen and oxygen atoms in total. The van der Waals surface area contributed by atoms with E-state index in [2.05, 4.69) is 20.8 Å². The van der Waals surface area contributed by atoms with Gasteiger partial charge >= 0.3 is 0 Å². The van der Waals surface area contributed by atoms with Gasteiger partial charge in [-0.05, 0) is 36.8 Å². The molecule has 1 aromatic heterocycles. The fourth-order valence-corrected chi connectivity index (χ4v) is 3.90. The topological polar surface area (TPSA) is 107 Å². The highest BCUT2D eigenvalue weighted by Gasteiger charge is 2.19. The molecule has 0 bridgehead atoms. The van der Waals surface area contributed by atoms with Gasteiger partial charge in [0.2, 0.25) is 11.8 Å². The van der Waals surface area contributed by atoms with Crippen LogP contribution in [0.3, 0.4) is 0 Å². The van der Waals surface area contributed by atoms with E-state index in [1.165, 1.54) is 11.8 Å². The SMILES string of the molecule is COc1ccc(CC(=O)N[C@H](C)c2nnc(SCC(=O)Nc3ccccc3OC)n2C)cc1. The second kappa shape index (κ2) is 11.4. The molecule has 0 spiro atoms. The van der Waals surface area contributed by atoms with Crippen molar-refractivity contribution in [3.05, 3.63) is 59.9 Å². The van der Waals surface area contributed by atoms with Crippen LogP contribution in [0.2, 0.25) is 0 Å². The first-order valence-electron chi connectivity index (χ1n) is 10.3. The van der Waals surface area contributed by atoms with E-state index in [4.69, 9.17) is 9.47 Å². The van der Waals surface area contributed by atoms with E-state index in [-0.39, 0.29) is 30.0 Å². The maximum absolute atomic E-state index is 12.4. The molecule has 2 N–H and O–H groups in total. The van der Waals surface area contributed by atoms with Crippen molar-refractivity contribution in [2.45, 2.75) is 24.5 Å². The van der Waals surface area contributed by atoms with Crippen LogP contribution in [0.1, 0.15) is 24.4 Å². The van der Waals surface area contributed by atoms with E-state index in [0.29, 0.717) is 22.4 Å². The number of thioether (sulfide) groups is 1. The number of ether oxygens (including phenoxy) is 2. The molecular weight excluding hydrogens is 442 g/mol. The van der Waals surface area contributed by atoms with Crippen LogP contribution in [0.25, 0.3) is 0 Å². The molecule has 174 valence electrons. The number of nitrogens with one attached hydrogen (secondary N) is 2. The van der Waals surface area contributed by atoms with Crippen molar-refractivity contribution in [2.75, 3.05) is 25.3 Å². The van der Waals surface area contributed by atoms with Crippen molar-refractivity contribution >= 4 is 29.3 Å². The molecule has 0 saturated heterocycles. The minimum Gasteiger partial charge on any atom is -0.497 e. The number of aromatic nitrogens is 3. The lowest BCUT2D eigenvalue weighted by Crippen LogP contribution is -2.29. The van der Waals surface area contributed by atoms with Crippen LogP contribution in [-0.4, -0.2) is 46.6 Å². The van der Waals surface area contributed by atoms with Gasteiger partial charge in [-0.25, -0.2) is 0 Å². The average molecular weight is 470 g/mol. The Kier molecular flexibility index (Phi) is 8.31. The van der Waals surface area contributed by atoms with Crippen LogP contribution in [0.4, 0.5) is 5.69 Å².